The van der Waals surface area contributed by atoms with E-state index in [1.54, 1.807) is 14.2 Å². The van der Waals surface area contributed by atoms with Crippen molar-refractivity contribution in [2.45, 2.75) is 51.6 Å². The van der Waals surface area contributed by atoms with E-state index in [9.17, 15) is 0 Å². The van der Waals surface area contributed by atoms with E-state index in [0.717, 1.165) is 31.0 Å². The highest BCUT2D eigenvalue weighted by molar-refractivity contribution is 5.85. The van der Waals surface area contributed by atoms with E-state index in [1.807, 2.05) is 12.1 Å². The Hall–Kier alpha value is -1.72. The van der Waals surface area contributed by atoms with Crippen molar-refractivity contribution >= 4 is 12.4 Å². The highest BCUT2D eigenvalue weighted by atomic mass is 35.5. The first kappa shape index (κ1) is 20.6. The van der Waals surface area contributed by atoms with E-state index in [4.69, 9.17) is 14.6 Å². The van der Waals surface area contributed by atoms with Gasteiger partial charge < -0.3 is 14.8 Å². The van der Waals surface area contributed by atoms with Crippen LogP contribution < -0.4 is 14.8 Å². The SMILES string of the molecule is COc1ccc(CCNCc2cc(C3CC3)nn2C(C)C)cc1OC.Cl. The molecule has 1 heterocycles. The predicted octanol–water partition coefficient (Wildman–Crippen LogP) is 4.11. The fourth-order valence-corrected chi connectivity index (χ4v) is 3.10. The van der Waals surface area contributed by atoms with Gasteiger partial charge in [-0.1, -0.05) is 6.07 Å². The molecular formula is C20H30ClN3O2. The van der Waals surface area contributed by atoms with Crippen LogP contribution in [-0.2, 0) is 13.0 Å². The van der Waals surface area contributed by atoms with Crippen LogP contribution in [0, 0.1) is 0 Å². The largest absolute Gasteiger partial charge is 0.493 e. The fraction of sp³-hybridized carbons (Fsp3) is 0.550. The maximum absolute atomic E-state index is 5.37. The zero-order valence-electron chi connectivity index (χ0n) is 16.1. The summed E-state index contributed by atoms with van der Waals surface area (Å²) < 4.78 is 12.8. The second-order valence-electron chi connectivity index (χ2n) is 6.99. The zero-order chi connectivity index (χ0) is 17.8. The van der Waals surface area contributed by atoms with Crippen LogP contribution in [0.2, 0.25) is 0 Å². The summed E-state index contributed by atoms with van der Waals surface area (Å²) in [7, 11) is 3.33. The molecule has 0 atom stereocenters. The lowest BCUT2D eigenvalue weighted by atomic mass is 10.1. The Morgan fingerprint density at radius 1 is 1.15 bits per heavy atom. The molecule has 6 heteroatoms. The number of nitrogens with zero attached hydrogens (tertiary/aromatic N) is 2. The summed E-state index contributed by atoms with van der Waals surface area (Å²) in [6.07, 6.45) is 3.54. The predicted molar refractivity (Wildman–Crippen MR) is 107 cm³/mol. The number of rotatable bonds is 9. The van der Waals surface area contributed by atoms with Gasteiger partial charge in [0.05, 0.1) is 25.6 Å². The standard InChI is InChI=1S/C20H29N3O2.ClH/c1-14(2)23-17(12-18(22-23)16-6-7-16)13-21-10-9-15-5-8-19(24-3)20(11-15)25-4;/h5,8,11-12,14,16,21H,6-7,9-10,13H2,1-4H3;1H. The van der Waals surface area contributed by atoms with Gasteiger partial charge in [-0.2, -0.15) is 5.10 Å². The average molecular weight is 380 g/mol. The minimum Gasteiger partial charge on any atom is -0.493 e. The van der Waals surface area contributed by atoms with Crippen LogP contribution in [0.4, 0.5) is 0 Å². The Kier molecular flexibility index (Phi) is 7.35. The summed E-state index contributed by atoms with van der Waals surface area (Å²) >= 11 is 0. The number of nitrogens with one attached hydrogen (secondary N) is 1. The summed E-state index contributed by atoms with van der Waals surface area (Å²) in [4.78, 5) is 0. The number of aromatic nitrogens is 2. The fourth-order valence-electron chi connectivity index (χ4n) is 3.10. The van der Waals surface area contributed by atoms with Gasteiger partial charge in [0, 0.05) is 18.5 Å². The van der Waals surface area contributed by atoms with E-state index in [-0.39, 0.29) is 12.4 Å². The van der Waals surface area contributed by atoms with Crippen LogP contribution in [0.25, 0.3) is 0 Å². The van der Waals surface area contributed by atoms with Gasteiger partial charge in [0.1, 0.15) is 0 Å². The Labute approximate surface area is 162 Å². The number of benzene rings is 1. The van der Waals surface area contributed by atoms with Crippen molar-refractivity contribution in [1.82, 2.24) is 15.1 Å². The highest BCUT2D eigenvalue weighted by Gasteiger charge is 2.27. The molecule has 0 radical (unpaired) electrons. The maximum atomic E-state index is 5.37. The van der Waals surface area contributed by atoms with Crippen LogP contribution in [0.1, 0.15) is 55.6 Å². The van der Waals surface area contributed by atoms with Gasteiger partial charge in [-0.15, -0.1) is 12.4 Å². The molecule has 0 amide bonds. The monoisotopic (exact) mass is 379 g/mol. The molecule has 1 aromatic carbocycles. The molecule has 1 saturated carbocycles. The molecule has 2 aromatic rings. The molecule has 1 fully saturated rings. The van der Waals surface area contributed by atoms with E-state index in [0.29, 0.717) is 12.0 Å². The zero-order valence-corrected chi connectivity index (χ0v) is 16.9. The topological polar surface area (TPSA) is 48.3 Å². The average Bonchev–Trinajstić information content (AvgIpc) is 3.38. The van der Waals surface area contributed by atoms with Crippen molar-refractivity contribution < 1.29 is 9.47 Å². The first-order chi connectivity index (χ1) is 12.1. The molecule has 5 nitrogen and oxygen atoms in total. The number of ether oxygens (including phenoxy) is 2. The maximum Gasteiger partial charge on any atom is 0.160 e. The molecule has 1 N–H and O–H groups in total. The van der Waals surface area contributed by atoms with Crippen molar-refractivity contribution in [3.63, 3.8) is 0 Å². The van der Waals surface area contributed by atoms with Gasteiger partial charge in [-0.25, -0.2) is 0 Å². The minimum atomic E-state index is 0. The van der Waals surface area contributed by atoms with Crippen molar-refractivity contribution in [1.29, 1.82) is 0 Å². The van der Waals surface area contributed by atoms with Crippen LogP contribution >= 0.6 is 12.4 Å². The van der Waals surface area contributed by atoms with Gasteiger partial charge >= 0.3 is 0 Å². The van der Waals surface area contributed by atoms with Gasteiger partial charge in [-0.05, 0) is 63.4 Å². The van der Waals surface area contributed by atoms with Gasteiger partial charge in [0.25, 0.3) is 0 Å². The molecule has 0 spiro atoms. The van der Waals surface area contributed by atoms with Crippen LogP contribution in [0.5, 0.6) is 11.5 Å². The molecule has 1 aliphatic rings. The number of hydrogen-bond donors (Lipinski definition) is 1. The van der Waals surface area contributed by atoms with E-state index in [1.165, 1.54) is 29.8 Å². The minimum absolute atomic E-state index is 0. The summed E-state index contributed by atoms with van der Waals surface area (Å²) in [6, 6.07) is 8.77. The molecule has 1 aliphatic carbocycles. The summed E-state index contributed by atoms with van der Waals surface area (Å²) in [5.41, 5.74) is 3.79. The van der Waals surface area contributed by atoms with Crippen molar-refractivity contribution in [2.75, 3.05) is 20.8 Å². The molecule has 0 unspecified atom stereocenters. The lowest BCUT2D eigenvalue weighted by molar-refractivity contribution is 0.354. The number of halogens is 1. The Balaban J connectivity index is 0.00000243. The normalized spacial score (nSPS) is 13.6. The van der Waals surface area contributed by atoms with Crippen molar-refractivity contribution in [3.8, 4) is 11.5 Å². The van der Waals surface area contributed by atoms with E-state index >= 15 is 0 Å². The quantitative estimate of drug-likeness (QED) is 0.666. The second kappa shape index (κ2) is 9.28. The summed E-state index contributed by atoms with van der Waals surface area (Å²) in [6.45, 7) is 6.15. The van der Waals surface area contributed by atoms with E-state index in [2.05, 4.69) is 36.0 Å². The molecule has 3 rings (SSSR count). The third-order valence-electron chi connectivity index (χ3n) is 4.66. The van der Waals surface area contributed by atoms with Crippen LogP contribution in [0.3, 0.4) is 0 Å². The third-order valence-corrected chi connectivity index (χ3v) is 4.66. The van der Waals surface area contributed by atoms with E-state index < -0.39 is 0 Å². The smallest absolute Gasteiger partial charge is 0.160 e. The molecule has 144 valence electrons. The van der Waals surface area contributed by atoms with Gasteiger partial charge in [-0.3, -0.25) is 4.68 Å². The van der Waals surface area contributed by atoms with Crippen molar-refractivity contribution in [2.24, 2.45) is 0 Å². The summed E-state index contributed by atoms with van der Waals surface area (Å²) in [5, 5.41) is 8.35. The Morgan fingerprint density at radius 3 is 2.50 bits per heavy atom. The van der Waals surface area contributed by atoms with Crippen LogP contribution in [-0.4, -0.2) is 30.5 Å². The Morgan fingerprint density at radius 2 is 1.88 bits per heavy atom. The molecular weight excluding hydrogens is 350 g/mol. The molecule has 1 aromatic heterocycles. The number of methoxy groups -OCH3 is 2. The molecule has 0 aliphatic heterocycles. The molecule has 26 heavy (non-hydrogen) atoms. The molecule has 0 bridgehead atoms. The third kappa shape index (κ3) is 4.92. The number of hydrogen-bond acceptors (Lipinski definition) is 4. The van der Waals surface area contributed by atoms with Crippen LogP contribution in [0.15, 0.2) is 24.3 Å². The lowest BCUT2D eigenvalue weighted by Gasteiger charge is -2.12. The van der Waals surface area contributed by atoms with Gasteiger partial charge in [0.15, 0.2) is 11.5 Å². The second-order valence-corrected chi connectivity index (χ2v) is 6.99. The lowest BCUT2D eigenvalue weighted by Crippen LogP contribution is -2.20. The highest BCUT2D eigenvalue weighted by Crippen LogP contribution is 2.39. The first-order valence-corrected chi connectivity index (χ1v) is 9.12. The first-order valence-electron chi connectivity index (χ1n) is 9.12. The van der Waals surface area contributed by atoms with Gasteiger partial charge in [0.2, 0.25) is 0 Å². The molecule has 0 saturated heterocycles. The summed E-state index contributed by atoms with van der Waals surface area (Å²) in [5.74, 6) is 2.25. The Bertz CT molecular complexity index is 711. The van der Waals surface area contributed by atoms with Crippen molar-refractivity contribution in [3.05, 3.63) is 41.2 Å².